The number of hydrogen-bond donors (Lipinski definition) is 3. The number of ether oxygens (including phenoxy) is 3. The van der Waals surface area contributed by atoms with E-state index < -0.39 is 0 Å². The number of alkyl halides is 1. The zero-order valence-corrected chi connectivity index (χ0v) is 25.0. The van der Waals surface area contributed by atoms with Crippen LogP contribution in [-0.4, -0.2) is 56.2 Å². The number of rotatable bonds is 9. The Morgan fingerprint density at radius 2 is 1.56 bits per heavy atom. The number of carbonyl (C=O) groups excluding carboxylic acids is 2. The van der Waals surface area contributed by atoms with Gasteiger partial charge >= 0.3 is 6.03 Å². The van der Waals surface area contributed by atoms with Crippen LogP contribution < -0.4 is 35.1 Å². The lowest BCUT2D eigenvalue weighted by Crippen LogP contribution is -2.45. The van der Waals surface area contributed by atoms with Crippen molar-refractivity contribution in [2.75, 3.05) is 48.7 Å². The summed E-state index contributed by atoms with van der Waals surface area (Å²) < 4.78 is 17.2. The van der Waals surface area contributed by atoms with Crippen LogP contribution in [0.2, 0.25) is 0 Å². The summed E-state index contributed by atoms with van der Waals surface area (Å²) in [6.45, 7) is 3.59. The van der Waals surface area contributed by atoms with E-state index in [1.165, 1.54) is 0 Å². The van der Waals surface area contributed by atoms with Crippen LogP contribution >= 0.6 is 11.6 Å². The molecule has 3 amide bonds. The van der Waals surface area contributed by atoms with E-state index in [1.54, 1.807) is 38.6 Å². The van der Waals surface area contributed by atoms with Crippen molar-refractivity contribution in [3.05, 3.63) is 72.4 Å². The second-order valence-electron chi connectivity index (χ2n) is 10.2. The van der Waals surface area contributed by atoms with Gasteiger partial charge in [-0.2, -0.15) is 0 Å². The Morgan fingerprint density at radius 1 is 0.884 bits per heavy atom. The molecule has 43 heavy (non-hydrogen) atoms. The Morgan fingerprint density at radius 3 is 2.26 bits per heavy atom. The predicted octanol–water partition coefficient (Wildman–Crippen LogP) is 6.32. The Kier molecular flexibility index (Phi) is 9.36. The number of anilines is 3. The number of hydrogen-bond acceptors (Lipinski definition) is 7. The molecule has 10 nitrogen and oxygen atoms in total. The molecule has 1 saturated heterocycles. The Hall–Kier alpha value is -4.70. The van der Waals surface area contributed by atoms with Gasteiger partial charge in [0, 0.05) is 59.9 Å². The van der Waals surface area contributed by atoms with E-state index in [4.69, 9.17) is 25.8 Å². The first-order chi connectivity index (χ1) is 20.9. The molecule has 0 saturated carbocycles. The standard InChI is InChI=1S/C32H34ClN5O5/c1-20-4-5-23(16-28(20)43-27-10-13-34-26-18-30(42-3)29(41-2)17-25(26)27)37-32(40)36-21-6-8-24(9-7-21)38-14-11-22(12-15-38)35-31(39)19-33/h4-10,13,16-18,22H,11-12,14-15,19H2,1-3H3,(H,35,39)(H2,36,37,40). The summed E-state index contributed by atoms with van der Waals surface area (Å²) in [6, 6.07) is 18.4. The number of carbonyl (C=O) groups is 2. The lowest BCUT2D eigenvalue weighted by molar-refractivity contribution is -0.119. The van der Waals surface area contributed by atoms with Gasteiger partial charge in [-0.25, -0.2) is 4.79 Å². The largest absolute Gasteiger partial charge is 0.493 e. The van der Waals surface area contributed by atoms with Gasteiger partial charge in [-0.15, -0.1) is 11.6 Å². The molecule has 1 fully saturated rings. The van der Waals surface area contributed by atoms with Crippen LogP contribution in [0, 0.1) is 6.92 Å². The number of benzene rings is 3. The van der Waals surface area contributed by atoms with Crippen LogP contribution in [0.15, 0.2) is 66.9 Å². The number of methoxy groups -OCH3 is 2. The molecule has 1 aromatic heterocycles. The molecule has 0 bridgehead atoms. The molecule has 0 unspecified atom stereocenters. The average Bonchev–Trinajstić information content (AvgIpc) is 3.02. The molecular weight excluding hydrogens is 570 g/mol. The van der Waals surface area contributed by atoms with Gasteiger partial charge in [-0.1, -0.05) is 6.07 Å². The minimum atomic E-state index is -0.371. The topological polar surface area (TPSA) is 114 Å². The van der Waals surface area contributed by atoms with Crippen LogP contribution in [0.3, 0.4) is 0 Å². The lowest BCUT2D eigenvalue weighted by Gasteiger charge is -2.34. The van der Waals surface area contributed by atoms with Gasteiger partial charge < -0.3 is 35.1 Å². The summed E-state index contributed by atoms with van der Waals surface area (Å²) >= 11 is 5.60. The fraction of sp³-hybridized carbons (Fsp3) is 0.281. The zero-order chi connectivity index (χ0) is 30.3. The van der Waals surface area contributed by atoms with Crippen molar-refractivity contribution in [1.29, 1.82) is 0 Å². The van der Waals surface area contributed by atoms with Crippen molar-refractivity contribution >= 4 is 51.5 Å². The third-order valence-electron chi connectivity index (χ3n) is 7.34. The number of nitrogens with one attached hydrogen (secondary N) is 3. The maximum absolute atomic E-state index is 12.8. The molecule has 4 aromatic rings. The lowest BCUT2D eigenvalue weighted by atomic mass is 10.0. The number of fused-ring (bicyclic) bond motifs is 1. The predicted molar refractivity (Wildman–Crippen MR) is 169 cm³/mol. The molecule has 224 valence electrons. The van der Waals surface area contributed by atoms with Crippen molar-refractivity contribution < 1.29 is 23.8 Å². The molecule has 0 atom stereocenters. The van der Waals surface area contributed by atoms with Crippen molar-refractivity contribution in [3.63, 3.8) is 0 Å². The number of amides is 3. The summed E-state index contributed by atoms with van der Waals surface area (Å²) in [5, 5.41) is 9.49. The van der Waals surface area contributed by atoms with Crippen molar-refractivity contribution in [2.24, 2.45) is 0 Å². The van der Waals surface area contributed by atoms with E-state index in [-0.39, 0.29) is 23.9 Å². The van der Waals surface area contributed by atoms with Crippen molar-refractivity contribution in [2.45, 2.75) is 25.8 Å². The highest BCUT2D eigenvalue weighted by Crippen LogP contribution is 2.38. The van der Waals surface area contributed by atoms with Crippen LogP contribution in [0.4, 0.5) is 21.9 Å². The van der Waals surface area contributed by atoms with Gasteiger partial charge in [0.2, 0.25) is 5.91 Å². The van der Waals surface area contributed by atoms with Crippen molar-refractivity contribution in [1.82, 2.24) is 10.3 Å². The van der Waals surface area contributed by atoms with Gasteiger partial charge in [0.05, 0.1) is 19.7 Å². The Balaban J connectivity index is 1.21. The maximum Gasteiger partial charge on any atom is 0.323 e. The molecular formula is C32H34ClN5O5. The summed E-state index contributed by atoms with van der Waals surface area (Å²) in [7, 11) is 3.16. The van der Waals surface area contributed by atoms with E-state index in [1.807, 2.05) is 49.4 Å². The SMILES string of the molecule is COc1cc2nccc(Oc3cc(NC(=O)Nc4ccc(N5CCC(NC(=O)CCl)CC5)cc4)ccc3C)c2cc1OC. The molecule has 11 heteroatoms. The third-order valence-corrected chi connectivity index (χ3v) is 7.59. The molecule has 0 aliphatic carbocycles. The Bertz CT molecular complexity index is 1610. The van der Waals surface area contributed by atoms with Gasteiger partial charge in [-0.05, 0) is 67.8 Å². The van der Waals surface area contributed by atoms with Gasteiger partial charge in [0.1, 0.15) is 17.4 Å². The number of pyridine rings is 1. The van der Waals surface area contributed by atoms with Crippen molar-refractivity contribution in [3.8, 4) is 23.0 Å². The normalized spacial score (nSPS) is 13.3. The van der Waals surface area contributed by atoms with Crippen LogP contribution in [-0.2, 0) is 4.79 Å². The number of halogens is 1. The quantitative estimate of drug-likeness (QED) is 0.192. The van der Waals surface area contributed by atoms with E-state index in [0.29, 0.717) is 39.9 Å². The van der Waals surface area contributed by atoms with E-state index in [9.17, 15) is 9.59 Å². The number of urea groups is 1. The van der Waals surface area contributed by atoms with Crippen LogP contribution in [0.25, 0.3) is 10.9 Å². The van der Waals surface area contributed by atoms with E-state index in [2.05, 4.69) is 25.8 Å². The number of aromatic nitrogens is 1. The first-order valence-corrected chi connectivity index (χ1v) is 14.5. The summed E-state index contributed by atoms with van der Waals surface area (Å²) in [6.07, 6.45) is 3.38. The fourth-order valence-corrected chi connectivity index (χ4v) is 5.12. The molecule has 0 radical (unpaired) electrons. The first kappa shape index (κ1) is 29.8. The molecule has 2 heterocycles. The van der Waals surface area contributed by atoms with Crippen LogP contribution in [0.5, 0.6) is 23.0 Å². The van der Waals surface area contributed by atoms with Gasteiger partial charge in [-0.3, -0.25) is 9.78 Å². The third kappa shape index (κ3) is 7.21. The van der Waals surface area contributed by atoms with Gasteiger partial charge in [0.15, 0.2) is 11.5 Å². The number of nitrogens with zero attached hydrogens (tertiary/aromatic N) is 2. The number of aryl methyl sites for hydroxylation is 1. The smallest absolute Gasteiger partial charge is 0.323 e. The average molecular weight is 604 g/mol. The highest BCUT2D eigenvalue weighted by atomic mass is 35.5. The first-order valence-electron chi connectivity index (χ1n) is 13.9. The molecule has 1 aliphatic rings. The summed E-state index contributed by atoms with van der Waals surface area (Å²) in [5.41, 5.74) is 3.91. The minimum Gasteiger partial charge on any atom is -0.493 e. The molecule has 0 spiro atoms. The van der Waals surface area contributed by atoms with Crippen LogP contribution in [0.1, 0.15) is 18.4 Å². The van der Waals surface area contributed by atoms with E-state index >= 15 is 0 Å². The zero-order valence-electron chi connectivity index (χ0n) is 24.3. The summed E-state index contributed by atoms with van der Waals surface area (Å²) in [4.78, 5) is 31.1. The Labute approximate surface area is 255 Å². The second kappa shape index (κ2) is 13.5. The maximum atomic E-state index is 12.8. The second-order valence-corrected chi connectivity index (χ2v) is 10.5. The minimum absolute atomic E-state index is 0.0174. The molecule has 3 aromatic carbocycles. The molecule has 3 N–H and O–H groups in total. The summed E-state index contributed by atoms with van der Waals surface area (Å²) in [5.74, 6) is 2.19. The number of piperidine rings is 1. The highest BCUT2D eigenvalue weighted by Gasteiger charge is 2.21. The molecule has 1 aliphatic heterocycles. The monoisotopic (exact) mass is 603 g/mol. The highest BCUT2D eigenvalue weighted by molar-refractivity contribution is 6.27. The van der Waals surface area contributed by atoms with Gasteiger partial charge in [0.25, 0.3) is 0 Å². The van der Waals surface area contributed by atoms with E-state index in [0.717, 1.165) is 42.6 Å². The molecule has 5 rings (SSSR count). The fourth-order valence-electron chi connectivity index (χ4n) is 5.04.